The van der Waals surface area contributed by atoms with E-state index in [9.17, 15) is 4.79 Å². The van der Waals surface area contributed by atoms with Crippen LogP contribution in [-0.2, 0) is 20.1 Å². The lowest BCUT2D eigenvalue weighted by atomic mass is 10.1. The second-order valence-corrected chi connectivity index (χ2v) is 5.92. The van der Waals surface area contributed by atoms with Crippen LogP contribution in [0.3, 0.4) is 0 Å². The summed E-state index contributed by atoms with van der Waals surface area (Å²) in [5.41, 5.74) is 3.00. The molecule has 0 radical (unpaired) electrons. The predicted octanol–water partition coefficient (Wildman–Crippen LogP) is 0.927. The van der Waals surface area contributed by atoms with Crippen molar-refractivity contribution in [2.45, 2.75) is 19.1 Å². The highest BCUT2D eigenvalue weighted by molar-refractivity contribution is 5.98. The molecule has 6 heteroatoms. The van der Waals surface area contributed by atoms with Crippen LogP contribution in [-0.4, -0.2) is 39.8 Å². The Morgan fingerprint density at radius 2 is 2.36 bits per heavy atom. The minimum Gasteiger partial charge on any atom is -0.492 e. The number of benzene rings is 1. The van der Waals surface area contributed by atoms with Crippen LogP contribution < -0.4 is 10.1 Å². The zero-order valence-electron chi connectivity index (χ0n) is 12.5. The first-order valence-corrected chi connectivity index (χ1v) is 7.44. The van der Waals surface area contributed by atoms with Gasteiger partial charge in [0.25, 0.3) is 5.91 Å². The number of nitrogens with zero attached hydrogens (tertiary/aromatic N) is 3. The molecule has 6 nitrogen and oxygen atoms in total. The van der Waals surface area contributed by atoms with Gasteiger partial charge in [0.2, 0.25) is 0 Å². The topological polar surface area (TPSA) is 59.2 Å². The highest BCUT2D eigenvalue weighted by atomic mass is 16.5. The summed E-state index contributed by atoms with van der Waals surface area (Å²) < 4.78 is 7.65. The van der Waals surface area contributed by atoms with Crippen molar-refractivity contribution in [2.75, 3.05) is 13.2 Å². The first-order valence-electron chi connectivity index (χ1n) is 7.44. The largest absolute Gasteiger partial charge is 0.492 e. The number of rotatable bonds is 5. The monoisotopic (exact) mass is 298 g/mol. The fraction of sp³-hybridized carbons (Fsp3) is 0.375. The van der Waals surface area contributed by atoms with Crippen molar-refractivity contribution < 1.29 is 9.53 Å². The first-order chi connectivity index (χ1) is 10.7. The number of carbonyl (C=O) groups is 1. The van der Waals surface area contributed by atoms with Crippen LogP contribution in [0.2, 0.25) is 0 Å². The first kappa shape index (κ1) is 13.3. The van der Waals surface area contributed by atoms with Crippen LogP contribution in [0.1, 0.15) is 21.5 Å². The van der Waals surface area contributed by atoms with Crippen molar-refractivity contribution in [3.8, 4) is 5.75 Å². The van der Waals surface area contributed by atoms with Gasteiger partial charge < -0.3 is 10.1 Å². The number of aryl methyl sites for hydroxylation is 1. The maximum atomic E-state index is 11.6. The maximum Gasteiger partial charge on any atom is 0.252 e. The van der Waals surface area contributed by atoms with Gasteiger partial charge in [-0.15, -0.1) is 0 Å². The summed E-state index contributed by atoms with van der Waals surface area (Å²) in [6, 6.07) is 6.18. The number of hydrogen-bond donors (Lipinski definition) is 1. The highest BCUT2D eigenvalue weighted by Gasteiger charge is 2.34. The summed E-state index contributed by atoms with van der Waals surface area (Å²) in [6.07, 6.45) is 3.94. The minimum absolute atomic E-state index is 0.00919. The molecule has 22 heavy (non-hydrogen) atoms. The molecule has 2 aromatic rings. The Labute approximate surface area is 128 Å². The van der Waals surface area contributed by atoms with E-state index in [1.165, 1.54) is 5.56 Å². The quantitative estimate of drug-likeness (QED) is 0.834. The second kappa shape index (κ2) is 5.14. The number of nitrogens with one attached hydrogen (secondary N) is 1. The van der Waals surface area contributed by atoms with Gasteiger partial charge in [-0.2, -0.15) is 5.10 Å². The summed E-state index contributed by atoms with van der Waals surface area (Å²) in [6.45, 7) is 3.23. The Bertz CT molecular complexity index is 725. The molecule has 0 aliphatic carbocycles. The second-order valence-electron chi connectivity index (χ2n) is 5.92. The van der Waals surface area contributed by atoms with Crippen LogP contribution in [0, 0.1) is 0 Å². The molecule has 1 N–H and O–H groups in total. The number of aromatic nitrogens is 2. The number of fused-ring (bicyclic) bond motifs is 1. The van der Waals surface area contributed by atoms with Crippen LogP contribution in [0.15, 0.2) is 30.6 Å². The molecule has 3 heterocycles. The molecule has 1 aromatic heterocycles. The molecule has 1 fully saturated rings. The van der Waals surface area contributed by atoms with Crippen molar-refractivity contribution in [2.24, 2.45) is 7.05 Å². The molecule has 1 aromatic carbocycles. The molecule has 4 rings (SSSR count). The number of carbonyl (C=O) groups excluding carboxylic acids is 1. The van der Waals surface area contributed by atoms with Gasteiger partial charge in [-0.05, 0) is 17.7 Å². The standard InChI is InChI=1S/C16H18N4O2/c1-19-7-11(5-18-19)8-20-9-13(20)10-22-14-3-2-12-6-17-16(21)15(12)4-14/h2-5,7,13H,6,8-10H2,1H3,(H,17,21). The van der Waals surface area contributed by atoms with E-state index >= 15 is 0 Å². The van der Waals surface area contributed by atoms with Crippen molar-refractivity contribution in [3.63, 3.8) is 0 Å². The van der Waals surface area contributed by atoms with E-state index in [2.05, 4.69) is 15.3 Å². The average Bonchev–Trinajstić information content (AvgIpc) is 2.95. The van der Waals surface area contributed by atoms with Gasteiger partial charge in [0.05, 0.1) is 12.2 Å². The summed E-state index contributed by atoms with van der Waals surface area (Å²) in [5, 5.41) is 6.99. The van der Waals surface area contributed by atoms with E-state index in [-0.39, 0.29) is 5.91 Å². The number of hydrogen-bond acceptors (Lipinski definition) is 4. The molecule has 114 valence electrons. The molecule has 1 saturated heterocycles. The van der Waals surface area contributed by atoms with Gasteiger partial charge in [0.15, 0.2) is 0 Å². The average molecular weight is 298 g/mol. The third-order valence-corrected chi connectivity index (χ3v) is 4.18. The summed E-state index contributed by atoms with van der Waals surface area (Å²) in [5.74, 6) is 0.758. The lowest BCUT2D eigenvalue weighted by Gasteiger charge is -2.07. The SMILES string of the molecule is Cn1cc(CN2CC2COc2ccc3c(c2)C(=O)NC3)cn1. The summed E-state index contributed by atoms with van der Waals surface area (Å²) in [4.78, 5) is 14.0. The normalized spacial score (nSPS) is 22.3. The Morgan fingerprint density at radius 1 is 1.45 bits per heavy atom. The van der Waals surface area contributed by atoms with Crippen LogP contribution in [0.25, 0.3) is 0 Å². The molecule has 0 saturated carbocycles. The Morgan fingerprint density at radius 3 is 3.18 bits per heavy atom. The van der Waals surface area contributed by atoms with Gasteiger partial charge in [-0.25, -0.2) is 0 Å². The summed E-state index contributed by atoms with van der Waals surface area (Å²) >= 11 is 0. The fourth-order valence-corrected chi connectivity index (χ4v) is 2.84. The molecule has 2 unspecified atom stereocenters. The Kier molecular flexibility index (Phi) is 3.11. The van der Waals surface area contributed by atoms with E-state index < -0.39 is 0 Å². The van der Waals surface area contributed by atoms with Crippen molar-refractivity contribution in [1.29, 1.82) is 0 Å². The number of amides is 1. The lowest BCUT2D eigenvalue weighted by Crippen LogP contribution is -2.13. The molecule has 0 spiro atoms. The fourth-order valence-electron chi connectivity index (χ4n) is 2.84. The lowest BCUT2D eigenvalue weighted by molar-refractivity contribution is 0.0965. The van der Waals surface area contributed by atoms with Crippen LogP contribution in [0.4, 0.5) is 0 Å². The highest BCUT2D eigenvalue weighted by Crippen LogP contribution is 2.25. The smallest absolute Gasteiger partial charge is 0.252 e. The molecule has 0 bridgehead atoms. The van der Waals surface area contributed by atoms with Gasteiger partial charge in [-0.1, -0.05) is 6.07 Å². The van der Waals surface area contributed by atoms with Gasteiger partial charge in [0, 0.05) is 44.0 Å². The third-order valence-electron chi connectivity index (χ3n) is 4.18. The van der Waals surface area contributed by atoms with Crippen LogP contribution in [0.5, 0.6) is 5.75 Å². The third kappa shape index (κ3) is 2.57. The van der Waals surface area contributed by atoms with E-state index in [0.29, 0.717) is 19.2 Å². The zero-order valence-corrected chi connectivity index (χ0v) is 12.5. The van der Waals surface area contributed by atoms with Crippen molar-refractivity contribution in [3.05, 3.63) is 47.3 Å². The zero-order chi connectivity index (χ0) is 15.1. The van der Waals surface area contributed by atoms with Crippen LogP contribution >= 0.6 is 0 Å². The van der Waals surface area contributed by atoms with Crippen molar-refractivity contribution >= 4 is 5.91 Å². The van der Waals surface area contributed by atoms with E-state index in [1.54, 1.807) is 0 Å². The summed E-state index contributed by atoms with van der Waals surface area (Å²) in [7, 11) is 1.93. The van der Waals surface area contributed by atoms with E-state index in [1.807, 2.05) is 42.3 Å². The number of ether oxygens (including phenoxy) is 1. The van der Waals surface area contributed by atoms with E-state index in [4.69, 9.17) is 4.74 Å². The molecular weight excluding hydrogens is 280 g/mol. The molecule has 2 aliphatic heterocycles. The van der Waals surface area contributed by atoms with Gasteiger partial charge in [0.1, 0.15) is 12.4 Å². The predicted molar refractivity (Wildman–Crippen MR) is 80.5 cm³/mol. The van der Waals surface area contributed by atoms with E-state index in [0.717, 1.165) is 30.0 Å². The Balaban J connectivity index is 1.31. The van der Waals surface area contributed by atoms with Gasteiger partial charge >= 0.3 is 0 Å². The molecule has 2 atom stereocenters. The van der Waals surface area contributed by atoms with Gasteiger partial charge in [-0.3, -0.25) is 14.4 Å². The van der Waals surface area contributed by atoms with Crippen molar-refractivity contribution in [1.82, 2.24) is 20.0 Å². The molecular formula is C16H18N4O2. The molecule has 2 aliphatic rings. The maximum absolute atomic E-state index is 11.6. The minimum atomic E-state index is -0.00919. The Hall–Kier alpha value is -2.34. The molecule has 1 amide bonds.